The summed E-state index contributed by atoms with van der Waals surface area (Å²) in [4.78, 5) is 39.6. The molecule has 4 N–H and O–H groups in total. The van der Waals surface area contributed by atoms with Crippen molar-refractivity contribution in [2.24, 2.45) is 5.73 Å². The Morgan fingerprint density at radius 3 is 2.14 bits per heavy atom. The summed E-state index contributed by atoms with van der Waals surface area (Å²) < 4.78 is 14.8. The molecule has 180 valence electrons. The van der Waals surface area contributed by atoms with Crippen molar-refractivity contribution in [1.29, 1.82) is 0 Å². The zero-order valence-corrected chi connectivity index (χ0v) is 19.5. The van der Waals surface area contributed by atoms with Crippen molar-refractivity contribution in [3.05, 3.63) is 94.3 Å². The van der Waals surface area contributed by atoms with Crippen LogP contribution in [-0.2, 0) is 0 Å². The van der Waals surface area contributed by atoms with E-state index in [1.165, 1.54) is 29.2 Å². The van der Waals surface area contributed by atoms with Crippen molar-refractivity contribution in [2.45, 2.75) is 0 Å². The number of likely N-dealkylation sites (N-methyl/N-ethyl adjacent to an activating group) is 1. The first-order chi connectivity index (χ1) is 17.3. The van der Waals surface area contributed by atoms with Crippen LogP contribution < -0.4 is 16.4 Å². The maximum atomic E-state index is 14.8. The molecule has 0 atom stereocenters. The van der Waals surface area contributed by atoms with Gasteiger partial charge in [-0.05, 0) is 60.7 Å². The molecule has 36 heavy (non-hydrogen) atoms. The Morgan fingerprint density at radius 2 is 1.53 bits per heavy atom. The molecule has 0 bridgehead atoms. The van der Waals surface area contributed by atoms with Crippen LogP contribution in [0.1, 0.15) is 42.2 Å². The Labute approximate surface area is 208 Å². The van der Waals surface area contributed by atoms with Crippen molar-refractivity contribution < 1.29 is 18.8 Å². The lowest BCUT2D eigenvalue weighted by atomic mass is 10.1. The summed E-state index contributed by atoms with van der Waals surface area (Å²) in [6.07, 6.45) is 10.8. The van der Waals surface area contributed by atoms with Gasteiger partial charge in [-0.1, -0.05) is 11.8 Å². The molecule has 0 saturated heterocycles. The van der Waals surface area contributed by atoms with E-state index in [1.54, 1.807) is 37.4 Å². The van der Waals surface area contributed by atoms with Crippen LogP contribution in [0.15, 0.2) is 60.7 Å². The molecule has 7 nitrogen and oxygen atoms in total. The SMILES string of the molecule is C#Cc1ccc(NC(=O)c2cc(C#C)ccc2NC(=O)c2ccc(C(=O)N(C)CCN)cc2F)cc1. The van der Waals surface area contributed by atoms with Gasteiger partial charge in [0.2, 0.25) is 0 Å². The molecule has 3 aromatic carbocycles. The number of nitrogens with one attached hydrogen (secondary N) is 2. The van der Waals surface area contributed by atoms with Crippen molar-refractivity contribution in [1.82, 2.24) is 4.90 Å². The van der Waals surface area contributed by atoms with E-state index in [9.17, 15) is 18.8 Å². The first kappa shape index (κ1) is 25.7. The summed E-state index contributed by atoms with van der Waals surface area (Å²) in [6, 6.07) is 14.6. The van der Waals surface area contributed by atoms with E-state index in [2.05, 4.69) is 22.5 Å². The highest BCUT2D eigenvalue weighted by atomic mass is 19.1. The molecule has 0 aliphatic carbocycles. The van der Waals surface area contributed by atoms with Gasteiger partial charge in [-0.3, -0.25) is 14.4 Å². The summed E-state index contributed by atoms with van der Waals surface area (Å²) in [7, 11) is 1.55. The second-order valence-electron chi connectivity index (χ2n) is 7.74. The van der Waals surface area contributed by atoms with Gasteiger partial charge in [0.25, 0.3) is 17.7 Å². The van der Waals surface area contributed by atoms with E-state index < -0.39 is 23.5 Å². The van der Waals surface area contributed by atoms with Crippen molar-refractivity contribution in [2.75, 3.05) is 30.8 Å². The number of halogens is 1. The van der Waals surface area contributed by atoms with Gasteiger partial charge in [0.15, 0.2) is 0 Å². The number of amides is 3. The average Bonchev–Trinajstić information content (AvgIpc) is 2.88. The van der Waals surface area contributed by atoms with Crippen LogP contribution >= 0.6 is 0 Å². The molecular formula is C28H23FN4O3. The van der Waals surface area contributed by atoms with Crippen LogP contribution in [0.25, 0.3) is 0 Å². The first-order valence-electron chi connectivity index (χ1n) is 10.8. The summed E-state index contributed by atoms with van der Waals surface area (Å²) >= 11 is 0. The highest BCUT2D eigenvalue weighted by Crippen LogP contribution is 2.22. The first-order valence-corrected chi connectivity index (χ1v) is 10.8. The van der Waals surface area contributed by atoms with Crippen molar-refractivity contribution >= 4 is 29.1 Å². The third kappa shape index (κ3) is 5.95. The topological polar surface area (TPSA) is 105 Å². The number of anilines is 2. The number of hydrogen-bond acceptors (Lipinski definition) is 4. The number of hydrogen-bond donors (Lipinski definition) is 3. The number of nitrogens with zero attached hydrogens (tertiary/aromatic N) is 1. The smallest absolute Gasteiger partial charge is 0.258 e. The van der Waals surface area contributed by atoms with E-state index >= 15 is 0 Å². The van der Waals surface area contributed by atoms with Crippen LogP contribution in [0.2, 0.25) is 0 Å². The average molecular weight is 483 g/mol. The summed E-state index contributed by atoms with van der Waals surface area (Å²) in [5, 5.41) is 5.26. The molecule has 0 spiro atoms. The molecule has 3 amide bonds. The maximum absolute atomic E-state index is 14.8. The Hall–Kier alpha value is -4.92. The van der Waals surface area contributed by atoms with Gasteiger partial charge in [0.05, 0.1) is 16.8 Å². The molecule has 0 saturated carbocycles. The summed E-state index contributed by atoms with van der Waals surface area (Å²) in [5.74, 6) is 2.27. The lowest BCUT2D eigenvalue weighted by Gasteiger charge is -2.16. The van der Waals surface area contributed by atoms with Crippen LogP contribution in [0.3, 0.4) is 0 Å². The molecule has 3 aromatic rings. The summed E-state index contributed by atoms with van der Waals surface area (Å²) in [6.45, 7) is 0.561. The second kappa shape index (κ2) is 11.5. The molecule has 0 heterocycles. The zero-order chi connectivity index (χ0) is 26.2. The third-order valence-corrected chi connectivity index (χ3v) is 5.26. The highest BCUT2D eigenvalue weighted by Gasteiger charge is 2.20. The zero-order valence-electron chi connectivity index (χ0n) is 19.5. The van der Waals surface area contributed by atoms with Crippen molar-refractivity contribution in [3.63, 3.8) is 0 Å². The normalized spacial score (nSPS) is 10.0. The quantitative estimate of drug-likeness (QED) is 0.450. The molecule has 0 radical (unpaired) electrons. The minimum absolute atomic E-state index is 0.0780. The van der Waals surface area contributed by atoms with Gasteiger partial charge in [-0.2, -0.15) is 0 Å². The Balaban J connectivity index is 1.85. The number of rotatable bonds is 7. The molecule has 0 unspecified atom stereocenters. The fourth-order valence-electron chi connectivity index (χ4n) is 3.32. The molecule has 8 heteroatoms. The number of terminal acetylenes is 2. The van der Waals surface area contributed by atoms with E-state index in [-0.39, 0.29) is 28.9 Å². The third-order valence-electron chi connectivity index (χ3n) is 5.26. The second-order valence-corrected chi connectivity index (χ2v) is 7.74. The molecule has 0 aliphatic rings. The van der Waals surface area contributed by atoms with Crippen LogP contribution in [0, 0.1) is 30.5 Å². The highest BCUT2D eigenvalue weighted by molar-refractivity contribution is 6.13. The molecule has 0 fully saturated rings. The van der Waals surface area contributed by atoms with E-state index in [4.69, 9.17) is 18.6 Å². The monoisotopic (exact) mass is 482 g/mol. The molecule has 0 aliphatic heterocycles. The minimum atomic E-state index is -0.889. The van der Waals surface area contributed by atoms with Gasteiger partial charge in [0.1, 0.15) is 5.82 Å². The van der Waals surface area contributed by atoms with Gasteiger partial charge >= 0.3 is 0 Å². The number of carbonyl (C=O) groups is 3. The largest absolute Gasteiger partial charge is 0.340 e. The van der Waals surface area contributed by atoms with Gasteiger partial charge < -0.3 is 21.3 Å². The van der Waals surface area contributed by atoms with Gasteiger partial charge in [0, 0.05) is 42.5 Å². The van der Waals surface area contributed by atoms with E-state index in [0.717, 1.165) is 6.07 Å². The van der Waals surface area contributed by atoms with Gasteiger partial charge in [-0.15, -0.1) is 12.8 Å². The van der Waals surface area contributed by atoms with Gasteiger partial charge in [-0.25, -0.2) is 4.39 Å². The lowest BCUT2D eigenvalue weighted by Crippen LogP contribution is -2.31. The Kier molecular flexibility index (Phi) is 8.19. The van der Waals surface area contributed by atoms with Crippen LogP contribution in [0.4, 0.5) is 15.8 Å². The molecule has 3 rings (SSSR count). The summed E-state index contributed by atoms with van der Waals surface area (Å²) in [5.41, 5.74) is 6.97. The fourth-order valence-corrected chi connectivity index (χ4v) is 3.32. The number of nitrogens with two attached hydrogens (primary N) is 1. The Morgan fingerprint density at radius 1 is 0.889 bits per heavy atom. The fraction of sp³-hybridized carbons (Fsp3) is 0.107. The number of benzene rings is 3. The number of carbonyl (C=O) groups excluding carboxylic acids is 3. The lowest BCUT2D eigenvalue weighted by molar-refractivity contribution is 0.0797. The van der Waals surface area contributed by atoms with E-state index in [0.29, 0.717) is 23.4 Å². The standard InChI is InChI=1S/C28H23FN4O3/c1-4-18-6-10-21(11-7-18)31-27(35)23-16-19(5-2)8-13-25(23)32-26(34)22-12-9-20(17-24(22)29)28(36)33(3)15-14-30/h1-2,6-13,16-17H,14-15,30H2,3H3,(H,31,35)(H,32,34). The van der Waals surface area contributed by atoms with Crippen LogP contribution in [0.5, 0.6) is 0 Å². The van der Waals surface area contributed by atoms with E-state index in [1.807, 2.05) is 0 Å². The Bertz CT molecular complexity index is 1400. The molecule has 0 aromatic heterocycles. The predicted octanol–water partition coefficient (Wildman–Crippen LogP) is 3.32. The minimum Gasteiger partial charge on any atom is -0.340 e. The predicted molar refractivity (Wildman–Crippen MR) is 137 cm³/mol. The molecular weight excluding hydrogens is 459 g/mol. The maximum Gasteiger partial charge on any atom is 0.258 e. The van der Waals surface area contributed by atoms with Crippen molar-refractivity contribution in [3.8, 4) is 24.7 Å². The van der Waals surface area contributed by atoms with Crippen LogP contribution in [-0.4, -0.2) is 42.8 Å².